The molecule has 3 heteroatoms. The van der Waals surface area contributed by atoms with Crippen molar-refractivity contribution in [3.63, 3.8) is 0 Å². The molecule has 2 N–H and O–H groups in total. The third-order valence-electron chi connectivity index (χ3n) is 3.60. The number of β-amino-alcohol motifs (C(OH)–C–C–N with tert-alkyl or cyclic N) is 1. The van der Waals surface area contributed by atoms with Crippen molar-refractivity contribution in [1.82, 2.24) is 5.32 Å². The standard InChI is InChI=1S/C12H14FNO/c13-8-1-2-10-9(5-8)11(15)6-14-7-12(10)3-4-12/h1-2,5,11,14-15H,3-4,6-7H2. The molecule has 0 amide bonds. The highest BCUT2D eigenvalue weighted by Gasteiger charge is 2.47. The Morgan fingerprint density at radius 3 is 2.93 bits per heavy atom. The molecule has 15 heavy (non-hydrogen) atoms. The Kier molecular flexibility index (Phi) is 1.88. The minimum absolute atomic E-state index is 0.181. The molecule has 80 valence electrons. The Hall–Kier alpha value is -0.930. The number of hydrogen-bond donors (Lipinski definition) is 2. The first-order chi connectivity index (χ1) is 7.21. The summed E-state index contributed by atoms with van der Waals surface area (Å²) < 4.78 is 13.1. The van der Waals surface area contributed by atoms with Gasteiger partial charge in [-0.25, -0.2) is 4.39 Å². The topological polar surface area (TPSA) is 32.3 Å². The molecular formula is C12H14FNO. The summed E-state index contributed by atoms with van der Waals surface area (Å²) in [6.45, 7) is 1.43. The zero-order chi connectivity index (χ0) is 10.5. The van der Waals surface area contributed by atoms with Crippen molar-refractivity contribution in [3.05, 3.63) is 35.1 Å². The molecule has 1 aliphatic carbocycles. The Bertz CT molecular complexity index is 401. The van der Waals surface area contributed by atoms with Crippen molar-refractivity contribution in [3.8, 4) is 0 Å². The van der Waals surface area contributed by atoms with Gasteiger partial charge in [0.25, 0.3) is 0 Å². The van der Waals surface area contributed by atoms with Gasteiger partial charge in [-0.1, -0.05) is 6.07 Å². The lowest BCUT2D eigenvalue weighted by Gasteiger charge is -2.16. The van der Waals surface area contributed by atoms with Gasteiger partial charge in [-0.15, -0.1) is 0 Å². The average molecular weight is 207 g/mol. The zero-order valence-corrected chi connectivity index (χ0v) is 8.46. The maximum Gasteiger partial charge on any atom is 0.123 e. The van der Waals surface area contributed by atoms with Crippen LogP contribution in [0.2, 0.25) is 0 Å². The smallest absolute Gasteiger partial charge is 0.123 e. The fourth-order valence-corrected chi connectivity index (χ4v) is 2.54. The van der Waals surface area contributed by atoms with Crippen LogP contribution in [0, 0.1) is 5.82 Å². The molecule has 1 aliphatic heterocycles. The fourth-order valence-electron chi connectivity index (χ4n) is 2.54. The van der Waals surface area contributed by atoms with Gasteiger partial charge in [-0.05, 0) is 36.1 Å². The number of rotatable bonds is 0. The third-order valence-corrected chi connectivity index (χ3v) is 3.60. The molecule has 0 aromatic heterocycles. The first-order valence-electron chi connectivity index (χ1n) is 5.40. The SMILES string of the molecule is OC1CNCC2(CC2)c2ccc(F)cc21. The Balaban J connectivity index is 2.15. The predicted molar refractivity (Wildman–Crippen MR) is 55.1 cm³/mol. The number of aliphatic hydroxyl groups excluding tert-OH is 1. The number of benzene rings is 1. The van der Waals surface area contributed by atoms with Crippen molar-refractivity contribution in [2.75, 3.05) is 13.1 Å². The monoisotopic (exact) mass is 207 g/mol. The molecule has 1 spiro atoms. The molecule has 1 heterocycles. The van der Waals surface area contributed by atoms with Crippen LogP contribution < -0.4 is 5.32 Å². The summed E-state index contributed by atoms with van der Waals surface area (Å²) in [5.74, 6) is -0.259. The maximum atomic E-state index is 13.1. The van der Waals surface area contributed by atoms with Crippen molar-refractivity contribution >= 4 is 0 Å². The Morgan fingerprint density at radius 2 is 2.20 bits per heavy atom. The number of fused-ring (bicyclic) bond motifs is 2. The van der Waals surface area contributed by atoms with E-state index in [0.717, 1.165) is 30.5 Å². The van der Waals surface area contributed by atoms with E-state index in [0.29, 0.717) is 6.54 Å². The lowest BCUT2D eigenvalue weighted by molar-refractivity contribution is 0.177. The normalized spacial score (nSPS) is 27.2. The minimum Gasteiger partial charge on any atom is -0.387 e. The van der Waals surface area contributed by atoms with E-state index in [1.807, 2.05) is 6.07 Å². The van der Waals surface area contributed by atoms with Crippen molar-refractivity contribution in [1.29, 1.82) is 0 Å². The van der Waals surface area contributed by atoms with Crippen LogP contribution in [0.3, 0.4) is 0 Å². The molecule has 1 saturated carbocycles. The molecule has 3 rings (SSSR count). The lowest BCUT2D eigenvalue weighted by Crippen LogP contribution is -2.25. The number of halogens is 1. The third kappa shape index (κ3) is 1.38. The van der Waals surface area contributed by atoms with Gasteiger partial charge in [0.05, 0.1) is 6.10 Å². The zero-order valence-electron chi connectivity index (χ0n) is 8.46. The second-order valence-corrected chi connectivity index (χ2v) is 4.66. The summed E-state index contributed by atoms with van der Waals surface area (Å²) in [5, 5.41) is 13.1. The van der Waals surface area contributed by atoms with Gasteiger partial charge in [0.2, 0.25) is 0 Å². The van der Waals surface area contributed by atoms with E-state index in [2.05, 4.69) is 5.32 Å². The molecule has 0 saturated heterocycles. The molecule has 0 bridgehead atoms. The van der Waals surface area contributed by atoms with Crippen LogP contribution in [-0.4, -0.2) is 18.2 Å². The number of aliphatic hydroxyl groups is 1. The first kappa shape index (κ1) is 9.31. The van der Waals surface area contributed by atoms with Gasteiger partial charge >= 0.3 is 0 Å². The van der Waals surface area contributed by atoms with Crippen LogP contribution in [0.5, 0.6) is 0 Å². The Morgan fingerprint density at radius 1 is 1.40 bits per heavy atom. The first-order valence-corrected chi connectivity index (χ1v) is 5.40. The molecule has 1 aromatic carbocycles. The van der Waals surface area contributed by atoms with E-state index in [4.69, 9.17) is 0 Å². The lowest BCUT2D eigenvalue weighted by atomic mass is 9.90. The molecule has 1 aromatic rings. The quantitative estimate of drug-likeness (QED) is 0.675. The van der Waals surface area contributed by atoms with E-state index in [9.17, 15) is 9.50 Å². The molecule has 2 aliphatic rings. The van der Waals surface area contributed by atoms with Crippen molar-refractivity contribution in [2.24, 2.45) is 0 Å². The predicted octanol–water partition coefficient (Wildman–Crippen LogP) is 1.49. The van der Waals surface area contributed by atoms with E-state index in [1.54, 1.807) is 0 Å². The highest BCUT2D eigenvalue weighted by Crippen LogP contribution is 2.50. The van der Waals surface area contributed by atoms with Crippen molar-refractivity contribution < 1.29 is 9.50 Å². The largest absolute Gasteiger partial charge is 0.387 e. The van der Waals surface area contributed by atoms with Crippen LogP contribution in [0.25, 0.3) is 0 Å². The summed E-state index contributed by atoms with van der Waals surface area (Å²) >= 11 is 0. The molecule has 1 atom stereocenters. The van der Waals surface area contributed by atoms with Gasteiger partial charge in [-0.2, -0.15) is 0 Å². The summed E-state index contributed by atoms with van der Waals surface area (Å²) in [5.41, 5.74) is 2.10. The summed E-state index contributed by atoms with van der Waals surface area (Å²) in [6, 6.07) is 4.82. The second kappa shape index (κ2) is 3.03. The van der Waals surface area contributed by atoms with E-state index < -0.39 is 6.10 Å². The maximum absolute atomic E-state index is 13.1. The van der Waals surface area contributed by atoms with Crippen LogP contribution in [0.15, 0.2) is 18.2 Å². The van der Waals surface area contributed by atoms with E-state index >= 15 is 0 Å². The van der Waals surface area contributed by atoms with E-state index in [1.165, 1.54) is 12.1 Å². The average Bonchev–Trinajstić information content (AvgIpc) is 2.99. The minimum atomic E-state index is -0.573. The highest BCUT2D eigenvalue weighted by atomic mass is 19.1. The van der Waals surface area contributed by atoms with E-state index in [-0.39, 0.29) is 11.2 Å². The van der Waals surface area contributed by atoms with Crippen LogP contribution in [-0.2, 0) is 5.41 Å². The molecule has 0 radical (unpaired) electrons. The van der Waals surface area contributed by atoms with Crippen LogP contribution in [0.1, 0.15) is 30.1 Å². The fraction of sp³-hybridized carbons (Fsp3) is 0.500. The summed E-state index contributed by atoms with van der Waals surface area (Å²) in [7, 11) is 0. The number of hydrogen-bond acceptors (Lipinski definition) is 2. The molecule has 1 fully saturated rings. The van der Waals surface area contributed by atoms with Gasteiger partial charge in [-0.3, -0.25) is 0 Å². The summed E-state index contributed by atoms with van der Waals surface area (Å²) in [4.78, 5) is 0. The number of nitrogens with one attached hydrogen (secondary N) is 1. The van der Waals surface area contributed by atoms with Crippen molar-refractivity contribution in [2.45, 2.75) is 24.4 Å². The molecule has 1 unspecified atom stereocenters. The van der Waals surface area contributed by atoms with Gasteiger partial charge in [0, 0.05) is 18.5 Å². The molecule has 2 nitrogen and oxygen atoms in total. The van der Waals surface area contributed by atoms with Gasteiger partial charge in [0.1, 0.15) is 5.82 Å². The van der Waals surface area contributed by atoms with Gasteiger partial charge < -0.3 is 10.4 Å². The van der Waals surface area contributed by atoms with Crippen LogP contribution >= 0.6 is 0 Å². The Labute approximate surface area is 88.1 Å². The molecular weight excluding hydrogens is 193 g/mol. The summed E-state index contributed by atoms with van der Waals surface area (Å²) in [6.07, 6.45) is 1.71. The second-order valence-electron chi connectivity index (χ2n) is 4.66. The van der Waals surface area contributed by atoms with Crippen LogP contribution in [0.4, 0.5) is 4.39 Å². The highest BCUT2D eigenvalue weighted by molar-refractivity contribution is 5.41. The van der Waals surface area contributed by atoms with Gasteiger partial charge in [0.15, 0.2) is 0 Å².